The zero-order valence-corrected chi connectivity index (χ0v) is 11.6. The first-order valence-corrected chi connectivity index (χ1v) is 6.35. The Labute approximate surface area is 101 Å². The molecular weight excluding hydrogens is 194 g/mol. The Balaban J connectivity index is 0.00000106. The fourth-order valence-electron chi connectivity index (χ4n) is 1.92. The summed E-state index contributed by atoms with van der Waals surface area (Å²) in [5.41, 5.74) is 11.3. The zero-order valence-electron chi connectivity index (χ0n) is 11.6. The van der Waals surface area contributed by atoms with Crippen LogP contribution in [0, 0.1) is 0 Å². The molecule has 0 aromatic heterocycles. The van der Waals surface area contributed by atoms with Crippen molar-refractivity contribution in [3.8, 4) is 0 Å². The summed E-state index contributed by atoms with van der Waals surface area (Å²) >= 11 is 0. The maximum Gasteiger partial charge on any atom is 0.0120 e. The molecule has 0 heterocycles. The Morgan fingerprint density at radius 2 is 1.94 bits per heavy atom. The third-order valence-corrected chi connectivity index (χ3v) is 2.82. The van der Waals surface area contributed by atoms with Gasteiger partial charge in [0.1, 0.15) is 0 Å². The summed E-state index contributed by atoms with van der Waals surface area (Å²) in [7, 11) is 0. The van der Waals surface area contributed by atoms with E-state index in [9.17, 15) is 0 Å². The van der Waals surface area contributed by atoms with Crippen LogP contribution in [0.5, 0.6) is 0 Å². The molecule has 1 aliphatic carbocycles. The molecular formula is C15H27N. The van der Waals surface area contributed by atoms with Crippen LogP contribution < -0.4 is 5.73 Å². The molecule has 2 N–H and O–H groups in total. The summed E-state index contributed by atoms with van der Waals surface area (Å²) in [4.78, 5) is 0. The van der Waals surface area contributed by atoms with Crippen molar-refractivity contribution < 1.29 is 0 Å². The topological polar surface area (TPSA) is 26.0 Å². The molecule has 0 aliphatic heterocycles. The first-order chi connectivity index (χ1) is 7.54. The normalized spacial score (nSPS) is 21.8. The Morgan fingerprint density at radius 3 is 2.25 bits per heavy atom. The summed E-state index contributed by atoms with van der Waals surface area (Å²) in [6.45, 7) is 14.6. The molecule has 0 radical (unpaired) electrons. The van der Waals surface area contributed by atoms with Crippen LogP contribution in [-0.2, 0) is 0 Å². The SMILES string of the molecule is C=C1CC(N)C/C1=C/C(CC)=C(C)C.CC. The predicted octanol–water partition coefficient (Wildman–Crippen LogP) is 4.36. The average Bonchev–Trinajstić information content (AvgIpc) is 2.56. The van der Waals surface area contributed by atoms with Crippen LogP contribution in [0.1, 0.15) is 53.9 Å². The summed E-state index contributed by atoms with van der Waals surface area (Å²) in [5, 5.41) is 0. The first-order valence-electron chi connectivity index (χ1n) is 6.35. The van der Waals surface area contributed by atoms with Gasteiger partial charge in [-0.05, 0) is 44.3 Å². The van der Waals surface area contributed by atoms with Crippen LogP contribution in [0.3, 0.4) is 0 Å². The summed E-state index contributed by atoms with van der Waals surface area (Å²) in [5.74, 6) is 0. The van der Waals surface area contributed by atoms with Crippen molar-refractivity contribution in [3.63, 3.8) is 0 Å². The minimum absolute atomic E-state index is 0.295. The molecule has 1 nitrogen and oxygen atoms in total. The second-order valence-corrected chi connectivity index (χ2v) is 4.32. The molecule has 1 saturated carbocycles. The van der Waals surface area contributed by atoms with Gasteiger partial charge in [0.2, 0.25) is 0 Å². The molecule has 0 aromatic carbocycles. The number of hydrogen-bond donors (Lipinski definition) is 1. The molecule has 92 valence electrons. The quantitative estimate of drug-likeness (QED) is 0.736. The summed E-state index contributed by atoms with van der Waals surface area (Å²) in [6, 6.07) is 0.295. The van der Waals surface area contributed by atoms with E-state index in [2.05, 4.69) is 33.4 Å². The van der Waals surface area contributed by atoms with E-state index in [4.69, 9.17) is 5.73 Å². The standard InChI is InChI=1S/C13H21N.C2H6/c1-5-11(9(2)3)7-12-8-13(14)6-10(12)4;1-2/h7,13H,4-6,8,14H2,1-3H3;1-2H3/b12-7-;. The highest BCUT2D eigenvalue weighted by Crippen LogP contribution is 2.30. The van der Waals surface area contributed by atoms with Crippen molar-refractivity contribution in [2.45, 2.75) is 59.9 Å². The van der Waals surface area contributed by atoms with Gasteiger partial charge in [-0.2, -0.15) is 0 Å². The Hall–Kier alpha value is -0.820. The molecule has 1 unspecified atom stereocenters. The van der Waals surface area contributed by atoms with Crippen LogP contribution >= 0.6 is 0 Å². The van der Waals surface area contributed by atoms with E-state index in [0.29, 0.717) is 6.04 Å². The highest BCUT2D eigenvalue weighted by Gasteiger charge is 2.19. The van der Waals surface area contributed by atoms with Gasteiger partial charge < -0.3 is 5.73 Å². The van der Waals surface area contributed by atoms with Crippen LogP contribution in [0.15, 0.2) is 34.9 Å². The number of rotatable bonds is 2. The molecule has 0 saturated heterocycles. The van der Waals surface area contributed by atoms with Crippen LogP contribution in [0.4, 0.5) is 0 Å². The average molecular weight is 221 g/mol. The maximum atomic E-state index is 5.89. The Kier molecular flexibility index (Phi) is 7.07. The van der Waals surface area contributed by atoms with Gasteiger partial charge in [-0.15, -0.1) is 0 Å². The van der Waals surface area contributed by atoms with Gasteiger partial charge in [0.25, 0.3) is 0 Å². The fraction of sp³-hybridized carbons (Fsp3) is 0.600. The van der Waals surface area contributed by atoms with Crippen molar-refractivity contribution >= 4 is 0 Å². The molecule has 1 atom stereocenters. The molecule has 0 amide bonds. The van der Waals surface area contributed by atoms with E-state index in [0.717, 1.165) is 19.3 Å². The van der Waals surface area contributed by atoms with Crippen LogP contribution in [0.2, 0.25) is 0 Å². The first kappa shape index (κ1) is 15.2. The largest absolute Gasteiger partial charge is 0.327 e. The molecule has 0 bridgehead atoms. The van der Waals surface area contributed by atoms with E-state index in [1.54, 1.807) is 0 Å². The fourth-order valence-corrected chi connectivity index (χ4v) is 1.92. The van der Waals surface area contributed by atoms with Crippen molar-refractivity contribution in [2.24, 2.45) is 5.73 Å². The van der Waals surface area contributed by atoms with Gasteiger partial charge in [-0.25, -0.2) is 0 Å². The van der Waals surface area contributed by atoms with E-state index >= 15 is 0 Å². The van der Waals surface area contributed by atoms with Gasteiger partial charge in [0.05, 0.1) is 0 Å². The third kappa shape index (κ3) is 4.36. The molecule has 0 spiro atoms. The molecule has 1 fully saturated rings. The van der Waals surface area contributed by atoms with Crippen LogP contribution in [0.25, 0.3) is 0 Å². The molecule has 1 heteroatoms. The van der Waals surface area contributed by atoms with E-state index in [1.807, 2.05) is 13.8 Å². The van der Waals surface area contributed by atoms with Gasteiger partial charge in [0.15, 0.2) is 0 Å². The zero-order chi connectivity index (χ0) is 12.7. The Bertz CT molecular complexity index is 291. The minimum atomic E-state index is 0.295. The lowest BCUT2D eigenvalue weighted by molar-refractivity contribution is 0.735. The van der Waals surface area contributed by atoms with Gasteiger partial charge in [-0.3, -0.25) is 0 Å². The summed E-state index contributed by atoms with van der Waals surface area (Å²) in [6.07, 6.45) is 5.33. The molecule has 0 aromatic rings. The lowest BCUT2D eigenvalue weighted by atomic mass is 10.0. The van der Waals surface area contributed by atoms with Crippen molar-refractivity contribution in [2.75, 3.05) is 0 Å². The van der Waals surface area contributed by atoms with Gasteiger partial charge in [-0.1, -0.05) is 44.6 Å². The second kappa shape index (κ2) is 7.45. The smallest absolute Gasteiger partial charge is 0.0120 e. The number of nitrogens with two attached hydrogens (primary N) is 1. The van der Waals surface area contributed by atoms with E-state index in [-0.39, 0.29) is 0 Å². The highest BCUT2D eigenvalue weighted by molar-refractivity contribution is 5.41. The number of hydrogen-bond acceptors (Lipinski definition) is 1. The van der Waals surface area contributed by atoms with Crippen molar-refractivity contribution in [3.05, 3.63) is 34.9 Å². The van der Waals surface area contributed by atoms with E-state index < -0.39 is 0 Å². The van der Waals surface area contributed by atoms with Crippen molar-refractivity contribution in [1.29, 1.82) is 0 Å². The van der Waals surface area contributed by atoms with Gasteiger partial charge in [0, 0.05) is 6.04 Å². The lowest BCUT2D eigenvalue weighted by Gasteiger charge is -2.04. The second-order valence-electron chi connectivity index (χ2n) is 4.32. The predicted molar refractivity (Wildman–Crippen MR) is 74.4 cm³/mol. The molecule has 1 rings (SSSR count). The monoisotopic (exact) mass is 221 g/mol. The summed E-state index contributed by atoms with van der Waals surface area (Å²) < 4.78 is 0. The lowest BCUT2D eigenvalue weighted by Crippen LogP contribution is -2.13. The minimum Gasteiger partial charge on any atom is -0.327 e. The van der Waals surface area contributed by atoms with Crippen LogP contribution in [-0.4, -0.2) is 6.04 Å². The molecule has 1 aliphatic rings. The van der Waals surface area contributed by atoms with E-state index in [1.165, 1.54) is 22.3 Å². The number of allylic oxidation sites excluding steroid dienone is 3. The Morgan fingerprint density at radius 1 is 1.38 bits per heavy atom. The van der Waals surface area contributed by atoms with Crippen molar-refractivity contribution in [1.82, 2.24) is 0 Å². The third-order valence-electron chi connectivity index (χ3n) is 2.82. The molecule has 16 heavy (non-hydrogen) atoms. The van der Waals surface area contributed by atoms with Gasteiger partial charge >= 0.3 is 0 Å². The highest BCUT2D eigenvalue weighted by atomic mass is 14.6. The maximum absolute atomic E-state index is 5.89.